The maximum absolute atomic E-state index is 10.8. The summed E-state index contributed by atoms with van der Waals surface area (Å²) in [7, 11) is 0. The van der Waals surface area contributed by atoms with Gasteiger partial charge in [0, 0.05) is 6.04 Å². The smallest absolute Gasteiger partial charge is 0.235 e. The van der Waals surface area contributed by atoms with Crippen molar-refractivity contribution in [3.8, 4) is 0 Å². The van der Waals surface area contributed by atoms with E-state index in [-0.39, 0.29) is 12.5 Å². The Hall–Kier alpha value is -0.570. The molecule has 1 radical (unpaired) electrons. The van der Waals surface area contributed by atoms with Gasteiger partial charge in [-0.1, -0.05) is 19.3 Å². The van der Waals surface area contributed by atoms with Crippen LogP contribution in [0.2, 0.25) is 0 Å². The highest BCUT2D eigenvalue weighted by Crippen LogP contribution is 2.16. The minimum Gasteiger partial charge on any atom is -0.352 e. The fourth-order valence-electron chi connectivity index (χ4n) is 1.53. The lowest BCUT2D eigenvalue weighted by Gasteiger charge is -2.22. The third-order valence-electron chi connectivity index (χ3n) is 2.13. The maximum Gasteiger partial charge on any atom is 0.235 e. The van der Waals surface area contributed by atoms with Gasteiger partial charge >= 0.3 is 0 Å². The molecular weight excluding hydrogens is 140 g/mol. The molecule has 0 saturated heterocycles. The van der Waals surface area contributed by atoms with Crippen LogP contribution >= 0.6 is 0 Å². The largest absolute Gasteiger partial charge is 0.352 e. The number of amides is 1. The summed E-state index contributed by atoms with van der Waals surface area (Å²) in [5.74, 6) is -0.128. The molecule has 1 saturated carbocycles. The van der Waals surface area contributed by atoms with E-state index in [1.165, 1.54) is 19.3 Å². The van der Waals surface area contributed by atoms with E-state index < -0.39 is 0 Å². The molecule has 63 valence electrons. The Bertz CT molecular complexity index is 130. The van der Waals surface area contributed by atoms with Gasteiger partial charge in [-0.15, -0.1) is 0 Å². The van der Waals surface area contributed by atoms with E-state index in [2.05, 4.69) is 5.32 Å². The minimum atomic E-state index is -0.128. The first kappa shape index (κ1) is 8.53. The lowest BCUT2D eigenvalue weighted by Crippen LogP contribution is -2.38. The van der Waals surface area contributed by atoms with Crippen molar-refractivity contribution in [2.45, 2.75) is 38.1 Å². The molecule has 1 amide bonds. The summed E-state index contributed by atoms with van der Waals surface area (Å²) in [6.45, 7) is -0.128. The van der Waals surface area contributed by atoms with Crippen LogP contribution in [0.15, 0.2) is 0 Å². The summed E-state index contributed by atoms with van der Waals surface area (Å²) in [4.78, 5) is 10.8. The van der Waals surface area contributed by atoms with Crippen LogP contribution in [-0.2, 0) is 4.79 Å². The zero-order valence-corrected chi connectivity index (χ0v) is 6.73. The van der Waals surface area contributed by atoms with Crippen LogP contribution in [-0.4, -0.2) is 18.5 Å². The molecule has 1 aliphatic carbocycles. The van der Waals surface area contributed by atoms with Gasteiger partial charge in [0.15, 0.2) is 0 Å². The summed E-state index contributed by atoms with van der Waals surface area (Å²) >= 11 is 0. The minimum absolute atomic E-state index is 0.128. The topological polar surface area (TPSA) is 52.9 Å². The molecule has 3 heteroatoms. The molecule has 0 atom stereocenters. The summed E-state index contributed by atoms with van der Waals surface area (Å²) in [6, 6.07) is 0.363. The summed E-state index contributed by atoms with van der Waals surface area (Å²) in [6.07, 6.45) is 5.95. The molecule has 0 aromatic rings. The van der Waals surface area contributed by atoms with Gasteiger partial charge in [0.25, 0.3) is 0 Å². The summed E-state index contributed by atoms with van der Waals surface area (Å²) in [5.41, 5.74) is 6.82. The molecule has 0 aliphatic heterocycles. The van der Waals surface area contributed by atoms with Crippen molar-refractivity contribution in [2.75, 3.05) is 6.54 Å². The zero-order valence-electron chi connectivity index (χ0n) is 6.73. The molecule has 11 heavy (non-hydrogen) atoms. The molecule has 0 aromatic heterocycles. The molecule has 0 heterocycles. The monoisotopic (exact) mass is 155 g/mol. The molecule has 1 fully saturated rings. The van der Waals surface area contributed by atoms with Gasteiger partial charge in [0.2, 0.25) is 5.91 Å². The third-order valence-corrected chi connectivity index (χ3v) is 2.13. The standard InChI is InChI=1S/C8H15N2O/c9-6-8(11)10-7-4-2-1-3-5-7/h7,9H,1-6H2,(H,10,11). The lowest BCUT2D eigenvalue weighted by molar-refractivity contribution is -0.120. The average molecular weight is 155 g/mol. The molecule has 0 spiro atoms. The fourth-order valence-corrected chi connectivity index (χ4v) is 1.53. The van der Waals surface area contributed by atoms with Crippen molar-refractivity contribution in [1.82, 2.24) is 11.1 Å². The van der Waals surface area contributed by atoms with Gasteiger partial charge < -0.3 is 5.32 Å². The highest BCUT2D eigenvalue weighted by molar-refractivity contribution is 5.77. The number of carbonyl (C=O) groups excluding carboxylic acids is 1. The molecule has 0 aromatic carbocycles. The normalized spacial score (nSPS) is 19.7. The number of rotatable bonds is 2. The zero-order chi connectivity index (χ0) is 8.10. The van der Waals surface area contributed by atoms with Crippen LogP contribution in [0.3, 0.4) is 0 Å². The fraction of sp³-hybridized carbons (Fsp3) is 0.875. The highest BCUT2D eigenvalue weighted by atomic mass is 16.1. The van der Waals surface area contributed by atoms with Gasteiger partial charge in [0.1, 0.15) is 0 Å². The summed E-state index contributed by atoms with van der Waals surface area (Å²) < 4.78 is 0. The Kier molecular flexibility index (Phi) is 3.36. The first-order valence-corrected chi connectivity index (χ1v) is 4.27. The van der Waals surface area contributed by atoms with Crippen LogP contribution in [0, 0.1) is 0 Å². The molecule has 3 nitrogen and oxygen atoms in total. The molecule has 0 unspecified atom stereocenters. The van der Waals surface area contributed by atoms with Gasteiger partial charge in [-0.2, -0.15) is 0 Å². The Balaban J connectivity index is 2.19. The van der Waals surface area contributed by atoms with Crippen molar-refractivity contribution in [3.63, 3.8) is 0 Å². The van der Waals surface area contributed by atoms with Gasteiger partial charge in [0.05, 0.1) is 6.54 Å². The average Bonchev–Trinajstić information content (AvgIpc) is 2.06. The summed E-state index contributed by atoms with van der Waals surface area (Å²) in [5, 5.41) is 2.84. The van der Waals surface area contributed by atoms with Crippen molar-refractivity contribution in [3.05, 3.63) is 0 Å². The van der Waals surface area contributed by atoms with Crippen molar-refractivity contribution < 1.29 is 4.79 Å². The molecule has 1 aliphatic rings. The lowest BCUT2D eigenvalue weighted by atomic mass is 9.95. The van der Waals surface area contributed by atoms with E-state index in [0.717, 1.165) is 12.8 Å². The van der Waals surface area contributed by atoms with E-state index in [9.17, 15) is 4.79 Å². The van der Waals surface area contributed by atoms with E-state index in [1.807, 2.05) is 0 Å². The van der Waals surface area contributed by atoms with E-state index >= 15 is 0 Å². The molecule has 1 rings (SSSR count). The maximum atomic E-state index is 10.8. The SMILES string of the molecule is [NH]CC(=O)NC1CCCCC1. The quantitative estimate of drug-likeness (QED) is 0.627. The highest BCUT2D eigenvalue weighted by Gasteiger charge is 2.14. The van der Waals surface area contributed by atoms with Crippen LogP contribution < -0.4 is 11.1 Å². The number of hydrogen-bond acceptors (Lipinski definition) is 1. The second-order valence-electron chi connectivity index (χ2n) is 3.08. The number of carbonyl (C=O) groups is 1. The van der Waals surface area contributed by atoms with Crippen LogP contribution in [0.4, 0.5) is 0 Å². The van der Waals surface area contributed by atoms with Crippen molar-refractivity contribution >= 4 is 5.91 Å². The Labute approximate surface area is 67.3 Å². The second-order valence-corrected chi connectivity index (χ2v) is 3.08. The second kappa shape index (κ2) is 4.34. The number of nitrogens with one attached hydrogen (secondary N) is 2. The van der Waals surface area contributed by atoms with Crippen molar-refractivity contribution in [2.24, 2.45) is 0 Å². The molecular formula is C8H15N2O. The van der Waals surface area contributed by atoms with E-state index in [4.69, 9.17) is 5.73 Å². The van der Waals surface area contributed by atoms with Gasteiger partial charge in [-0.05, 0) is 12.8 Å². The van der Waals surface area contributed by atoms with Gasteiger partial charge in [-0.25, -0.2) is 5.73 Å². The third kappa shape index (κ3) is 2.89. The van der Waals surface area contributed by atoms with Crippen LogP contribution in [0.25, 0.3) is 0 Å². The molecule has 0 bridgehead atoms. The first-order valence-electron chi connectivity index (χ1n) is 4.27. The molecule has 2 N–H and O–H groups in total. The van der Waals surface area contributed by atoms with E-state index in [1.54, 1.807) is 0 Å². The van der Waals surface area contributed by atoms with Crippen LogP contribution in [0.5, 0.6) is 0 Å². The predicted molar refractivity (Wildman–Crippen MR) is 43.0 cm³/mol. The van der Waals surface area contributed by atoms with Crippen LogP contribution in [0.1, 0.15) is 32.1 Å². The van der Waals surface area contributed by atoms with Gasteiger partial charge in [-0.3, -0.25) is 4.79 Å². The predicted octanol–water partition coefficient (Wildman–Crippen LogP) is 0.718. The Morgan fingerprint density at radius 3 is 2.55 bits per heavy atom. The first-order chi connectivity index (χ1) is 5.33. The number of hydrogen-bond donors (Lipinski definition) is 1. The van der Waals surface area contributed by atoms with Crippen molar-refractivity contribution in [1.29, 1.82) is 0 Å². The Morgan fingerprint density at radius 1 is 1.36 bits per heavy atom. The Morgan fingerprint density at radius 2 is 2.00 bits per heavy atom. The van der Waals surface area contributed by atoms with E-state index in [0.29, 0.717) is 6.04 Å².